The zero-order chi connectivity index (χ0) is 10.8. The smallest absolute Gasteiger partial charge is 0.239 e. The lowest BCUT2D eigenvalue weighted by Crippen LogP contribution is -2.12. The molecule has 2 heterocycles. The fourth-order valence-electron chi connectivity index (χ4n) is 1.16. The van der Waals surface area contributed by atoms with Crippen molar-refractivity contribution < 1.29 is 0 Å². The van der Waals surface area contributed by atoms with E-state index in [9.17, 15) is 0 Å². The van der Waals surface area contributed by atoms with Gasteiger partial charge in [-0.1, -0.05) is 0 Å². The largest absolute Gasteiger partial charge is 0.292 e. The highest BCUT2D eigenvalue weighted by Crippen LogP contribution is 2.10. The van der Waals surface area contributed by atoms with Crippen LogP contribution in [0.25, 0.3) is 5.82 Å². The summed E-state index contributed by atoms with van der Waals surface area (Å²) in [5.74, 6) is 6.34. The summed E-state index contributed by atoms with van der Waals surface area (Å²) in [5, 5.41) is 4.15. The molecule has 0 radical (unpaired) electrons. The maximum atomic E-state index is 5.26. The second kappa shape index (κ2) is 4.11. The van der Waals surface area contributed by atoms with Crippen LogP contribution in [0.1, 0.15) is 5.69 Å². The van der Waals surface area contributed by atoms with E-state index in [-0.39, 0.29) is 0 Å². The van der Waals surface area contributed by atoms with Gasteiger partial charge < -0.3 is 0 Å². The molecular formula is C8H9IN6. The van der Waals surface area contributed by atoms with Crippen molar-refractivity contribution in [1.29, 1.82) is 0 Å². The fourth-order valence-corrected chi connectivity index (χ4v) is 1.55. The summed E-state index contributed by atoms with van der Waals surface area (Å²) in [4.78, 5) is 8.28. The van der Waals surface area contributed by atoms with E-state index < -0.39 is 0 Å². The molecule has 2 rings (SSSR count). The van der Waals surface area contributed by atoms with Gasteiger partial charge in [-0.3, -0.25) is 5.43 Å². The molecule has 0 fully saturated rings. The van der Waals surface area contributed by atoms with Crippen LogP contribution in [-0.4, -0.2) is 19.7 Å². The van der Waals surface area contributed by atoms with Crippen molar-refractivity contribution >= 4 is 28.5 Å². The van der Waals surface area contributed by atoms with Crippen LogP contribution in [0.2, 0.25) is 0 Å². The van der Waals surface area contributed by atoms with E-state index in [1.54, 1.807) is 10.9 Å². The minimum atomic E-state index is 0.385. The molecular weight excluding hydrogens is 307 g/mol. The lowest BCUT2D eigenvalue weighted by molar-refractivity contribution is 0.835. The molecule has 0 aliphatic carbocycles. The number of aryl methyl sites for hydroxylation is 1. The van der Waals surface area contributed by atoms with E-state index in [0.29, 0.717) is 11.8 Å². The highest BCUT2D eigenvalue weighted by molar-refractivity contribution is 14.1. The van der Waals surface area contributed by atoms with Gasteiger partial charge in [0.15, 0.2) is 5.82 Å². The number of aromatic nitrogens is 4. The Labute approximate surface area is 100 Å². The number of hydrazine groups is 1. The predicted octanol–water partition coefficient (Wildman–Crippen LogP) is 0.861. The third-order valence-electron chi connectivity index (χ3n) is 1.76. The van der Waals surface area contributed by atoms with E-state index in [1.807, 2.05) is 19.2 Å². The molecule has 0 bridgehead atoms. The maximum absolute atomic E-state index is 5.26. The summed E-state index contributed by atoms with van der Waals surface area (Å²) in [7, 11) is 0. The first-order valence-corrected chi connectivity index (χ1v) is 5.30. The molecule has 0 saturated heterocycles. The van der Waals surface area contributed by atoms with Crippen LogP contribution in [-0.2, 0) is 0 Å². The summed E-state index contributed by atoms with van der Waals surface area (Å²) in [5.41, 5.74) is 3.25. The van der Waals surface area contributed by atoms with Gasteiger partial charge in [0.05, 0.1) is 9.77 Å². The molecule has 0 aliphatic rings. The van der Waals surface area contributed by atoms with Crippen LogP contribution in [0.3, 0.4) is 0 Å². The van der Waals surface area contributed by atoms with Gasteiger partial charge in [-0.25, -0.2) is 15.5 Å². The molecule has 7 heteroatoms. The third kappa shape index (κ3) is 2.23. The van der Waals surface area contributed by atoms with Crippen LogP contribution >= 0.6 is 22.6 Å². The van der Waals surface area contributed by atoms with Gasteiger partial charge in [-0.2, -0.15) is 10.1 Å². The quantitative estimate of drug-likeness (QED) is 0.488. The van der Waals surface area contributed by atoms with Crippen LogP contribution in [0.4, 0.5) is 5.95 Å². The van der Waals surface area contributed by atoms with Crippen molar-refractivity contribution in [2.24, 2.45) is 5.84 Å². The highest BCUT2D eigenvalue weighted by atomic mass is 127. The molecule has 15 heavy (non-hydrogen) atoms. The standard InChI is InChI=1S/C8H9IN6/c1-5-2-7(13-8(12-5)14-10)15-4-6(9)3-11-15/h2-4H,10H2,1H3,(H,12,13,14). The average molecular weight is 316 g/mol. The van der Waals surface area contributed by atoms with Crippen molar-refractivity contribution in [2.45, 2.75) is 6.92 Å². The second-order valence-electron chi connectivity index (χ2n) is 2.94. The normalized spacial score (nSPS) is 10.3. The minimum absolute atomic E-state index is 0.385. The lowest BCUT2D eigenvalue weighted by Gasteiger charge is -2.04. The Bertz CT molecular complexity index is 480. The number of rotatable bonds is 2. The number of nitrogens with zero attached hydrogens (tertiary/aromatic N) is 4. The monoisotopic (exact) mass is 316 g/mol. The summed E-state index contributed by atoms with van der Waals surface area (Å²) in [6, 6.07) is 1.84. The molecule has 3 N–H and O–H groups in total. The molecule has 0 amide bonds. The van der Waals surface area contributed by atoms with Gasteiger partial charge >= 0.3 is 0 Å². The Morgan fingerprint density at radius 3 is 2.87 bits per heavy atom. The molecule has 2 aromatic heterocycles. The molecule has 0 aromatic carbocycles. The van der Waals surface area contributed by atoms with Crippen molar-refractivity contribution in [3.8, 4) is 5.82 Å². The van der Waals surface area contributed by atoms with E-state index >= 15 is 0 Å². The van der Waals surface area contributed by atoms with Gasteiger partial charge in [0, 0.05) is 18.0 Å². The molecule has 78 valence electrons. The van der Waals surface area contributed by atoms with E-state index in [1.165, 1.54) is 0 Å². The van der Waals surface area contributed by atoms with Crippen LogP contribution in [0.5, 0.6) is 0 Å². The zero-order valence-electron chi connectivity index (χ0n) is 7.98. The number of nitrogens with one attached hydrogen (secondary N) is 1. The molecule has 2 aromatic rings. The zero-order valence-corrected chi connectivity index (χ0v) is 10.1. The SMILES string of the molecule is Cc1cc(-n2cc(I)cn2)nc(NN)n1. The molecule has 0 atom stereocenters. The first-order chi connectivity index (χ1) is 7.19. The van der Waals surface area contributed by atoms with Gasteiger partial charge in [-0.05, 0) is 29.5 Å². The number of hydrogen-bond donors (Lipinski definition) is 2. The van der Waals surface area contributed by atoms with Gasteiger partial charge in [0.1, 0.15) is 0 Å². The van der Waals surface area contributed by atoms with Crippen molar-refractivity contribution in [2.75, 3.05) is 5.43 Å². The fraction of sp³-hybridized carbons (Fsp3) is 0.125. The Kier molecular flexibility index (Phi) is 2.82. The lowest BCUT2D eigenvalue weighted by atomic mass is 10.4. The van der Waals surface area contributed by atoms with Crippen molar-refractivity contribution in [1.82, 2.24) is 19.7 Å². The summed E-state index contributed by atoms with van der Waals surface area (Å²) in [6.45, 7) is 1.88. The molecule has 0 aliphatic heterocycles. The van der Waals surface area contributed by atoms with Crippen molar-refractivity contribution in [3.63, 3.8) is 0 Å². The number of anilines is 1. The Morgan fingerprint density at radius 1 is 1.47 bits per heavy atom. The van der Waals surface area contributed by atoms with Gasteiger partial charge in [-0.15, -0.1) is 0 Å². The van der Waals surface area contributed by atoms with Crippen molar-refractivity contribution in [3.05, 3.63) is 27.7 Å². The van der Waals surface area contributed by atoms with Gasteiger partial charge in [0.25, 0.3) is 0 Å². The third-order valence-corrected chi connectivity index (χ3v) is 2.31. The van der Waals surface area contributed by atoms with E-state index in [2.05, 4.69) is 43.1 Å². The van der Waals surface area contributed by atoms with E-state index in [0.717, 1.165) is 9.26 Å². The molecule has 0 saturated carbocycles. The topological polar surface area (TPSA) is 81.7 Å². The number of halogens is 1. The van der Waals surface area contributed by atoms with E-state index in [4.69, 9.17) is 5.84 Å². The van der Waals surface area contributed by atoms with Gasteiger partial charge in [0.2, 0.25) is 5.95 Å². The maximum Gasteiger partial charge on any atom is 0.239 e. The number of nitrogen functional groups attached to an aromatic ring is 1. The summed E-state index contributed by atoms with van der Waals surface area (Å²) < 4.78 is 2.73. The molecule has 0 spiro atoms. The Balaban J connectivity index is 2.48. The first-order valence-electron chi connectivity index (χ1n) is 4.22. The van der Waals surface area contributed by atoms with Crippen LogP contribution in [0, 0.1) is 10.5 Å². The van der Waals surface area contributed by atoms with Crippen LogP contribution < -0.4 is 11.3 Å². The predicted molar refractivity (Wildman–Crippen MR) is 64.4 cm³/mol. The summed E-state index contributed by atoms with van der Waals surface area (Å²) >= 11 is 2.19. The summed E-state index contributed by atoms with van der Waals surface area (Å²) in [6.07, 6.45) is 3.64. The Morgan fingerprint density at radius 2 is 2.27 bits per heavy atom. The molecule has 6 nitrogen and oxygen atoms in total. The highest BCUT2D eigenvalue weighted by Gasteiger charge is 2.04. The molecule has 0 unspecified atom stereocenters. The first kappa shape index (κ1) is 10.3. The minimum Gasteiger partial charge on any atom is -0.292 e. The number of nitrogens with two attached hydrogens (primary N) is 1. The second-order valence-corrected chi connectivity index (χ2v) is 4.18. The average Bonchev–Trinajstić information content (AvgIpc) is 2.64. The van der Waals surface area contributed by atoms with Crippen LogP contribution in [0.15, 0.2) is 18.5 Å². The number of hydrogen-bond acceptors (Lipinski definition) is 5. The Hall–Kier alpha value is -1.22.